The molecule has 0 aromatic heterocycles. The lowest BCUT2D eigenvalue weighted by Gasteiger charge is -2.14. The van der Waals surface area contributed by atoms with Crippen LogP contribution < -0.4 is 0 Å². The smallest absolute Gasteiger partial charge is 0.313 e. The summed E-state index contributed by atoms with van der Waals surface area (Å²) in [6.07, 6.45) is 0. The number of carbonyl (C=O) groups is 1. The van der Waals surface area contributed by atoms with Crippen molar-refractivity contribution in [2.75, 3.05) is 6.61 Å². The lowest BCUT2D eigenvalue weighted by molar-refractivity contribution is -0.145. The second kappa shape index (κ2) is 5.50. The maximum absolute atomic E-state index is 11.6. The molecule has 0 bridgehead atoms. The fraction of sp³-hybridized carbons (Fsp3) is 0.357. The molecule has 1 atom stereocenters. The van der Waals surface area contributed by atoms with Crippen molar-refractivity contribution in [1.82, 2.24) is 0 Å². The van der Waals surface area contributed by atoms with E-state index in [9.17, 15) is 4.79 Å². The Hall–Kier alpha value is -1.57. The second-order valence-corrected chi connectivity index (χ2v) is 3.87. The van der Waals surface area contributed by atoms with Gasteiger partial charge in [0.15, 0.2) is 0 Å². The molecule has 1 rings (SSSR count). The van der Waals surface area contributed by atoms with Gasteiger partial charge >= 0.3 is 5.97 Å². The van der Waals surface area contributed by atoms with Crippen LogP contribution in [0.1, 0.15) is 25.0 Å². The van der Waals surface area contributed by atoms with E-state index < -0.39 is 0 Å². The third-order valence-corrected chi connectivity index (χ3v) is 2.55. The molecule has 86 valence electrons. The van der Waals surface area contributed by atoms with Gasteiger partial charge in [-0.3, -0.25) is 4.79 Å². The summed E-state index contributed by atoms with van der Waals surface area (Å²) in [6, 6.07) is 7.97. The van der Waals surface area contributed by atoms with Gasteiger partial charge in [-0.15, -0.1) is 0 Å². The molecule has 0 saturated carbocycles. The SMILES string of the molecule is C=C(c1cccc(C)c1)C(C)C(=O)OCC. The molecular weight excluding hydrogens is 200 g/mol. The first-order valence-electron chi connectivity index (χ1n) is 5.48. The molecule has 0 N–H and O–H groups in total. The highest BCUT2D eigenvalue weighted by molar-refractivity contribution is 5.87. The second-order valence-electron chi connectivity index (χ2n) is 3.87. The van der Waals surface area contributed by atoms with Crippen molar-refractivity contribution < 1.29 is 9.53 Å². The Labute approximate surface area is 96.9 Å². The first kappa shape index (κ1) is 12.5. The van der Waals surface area contributed by atoms with Crippen LogP contribution in [0.5, 0.6) is 0 Å². The van der Waals surface area contributed by atoms with Gasteiger partial charge in [-0.2, -0.15) is 0 Å². The zero-order valence-electron chi connectivity index (χ0n) is 10.1. The van der Waals surface area contributed by atoms with Gasteiger partial charge in [-0.1, -0.05) is 36.4 Å². The first-order chi connectivity index (χ1) is 7.56. The van der Waals surface area contributed by atoms with E-state index in [0.29, 0.717) is 6.61 Å². The average Bonchev–Trinajstić information content (AvgIpc) is 2.27. The van der Waals surface area contributed by atoms with Crippen molar-refractivity contribution in [3.63, 3.8) is 0 Å². The minimum absolute atomic E-state index is 0.214. The number of esters is 1. The molecule has 1 aromatic rings. The van der Waals surface area contributed by atoms with Crippen molar-refractivity contribution in [1.29, 1.82) is 0 Å². The van der Waals surface area contributed by atoms with Crippen LogP contribution in [0.4, 0.5) is 0 Å². The molecule has 0 amide bonds. The summed E-state index contributed by atoms with van der Waals surface area (Å²) >= 11 is 0. The van der Waals surface area contributed by atoms with E-state index in [4.69, 9.17) is 4.74 Å². The maximum Gasteiger partial charge on any atom is 0.313 e. The molecule has 2 nitrogen and oxygen atoms in total. The average molecular weight is 218 g/mol. The van der Waals surface area contributed by atoms with Gasteiger partial charge in [0.1, 0.15) is 0 Å². The quantitative estimate of drug-likeness (QED) is 0.725. The Bertz CT molecular complexity index is 393. The van der Waals surface area contributed by atoms with Gasteiger partial charge in [-0.25, -0.2) is 0 Å². The minimum atomic E-state index is -0.290. The Balaban J connectivity index is 2.82. The van der Waals surface area contributed by atoms with Gasteiger partial charge in [0.05, 0.1) is 12.5 Å². The highest BCUT2D eigenvalue weighted by Crippen LogP contribution is 2.23. The highest BCUT2D eigenvalue weighted by Gasteiger charge is 2.18. The molecular formula is C14H18O2. The molecule has 0 radical (unpaired) electrons. The largest absolute Gasteiger partial charge is 0.466 e. The summed E-state index contributed by atoms with van der Waals surface area (Å²) in [5.74, 6) is -0.504. The number of aryl methyl sites for hydroxylation is 1. The van der Waals surface area contributed by atoms with E-state index in [2.05, 4.69) is 6.58 Å². The van der Waals surface area contributed by atoms with Crippen LogP contribution in [-0.2, 0) is 9.53 Å². The van der Waals surface area contributed by atoms with Gasteiger partial charge in [0.25, 0.3) is 0 Å². The Morgan fingerprint density at radius 3 is 2.75 bits per heavy atom. The monoisotopic (exact) mass is 218 g/mol. The van der Waals surface area contributed by atoms with Crippen LogP contribution in [0.2, 0.25) is 0 Å². The van der Waals surface area contributed by atoms with Gasteiger partial charge in [0, 0.05) is 0 Å². The molecule has 16 heavy (non-hydrogen) atoms. The number of carbonyl (C=O) groups excluding carboxylic acids is 1. The molecule has 0 heterocycles. The molecule has 2 heteroatoms. The van der Waals surface area contributed by atoms with Crippen LogP contribution in [0.25, 0.3) is 5.57 Å². The Morgan fingerprint density at radius 1 is 1.50 bits per heavy atom. The number of ether oxygens (including phenoxy) is 1. The highest BCUT2D eigenvalue weighted by atomic mass is 16.5. The van der Waals surface area contributed by atoms with E-state index >= 15 is 0 Å². The van der Waals surface area contributed by atoms with Crippen LogP contribution in [-0.4, -0.2) is 12.6 Å². The summed E-state index contributed by atoms with van der Waals surface area (Å²) in [4.78, 5) is 11.6. The van der Waals surface area contributed by atoms with Crippen molar-refractivity contribution in [3.05, 3.63) is 42.0 Å². The molecule has 0 aliphatic carbocycles. The van der Waals surface area contributed by atoms with E-state index in [1.54, 1.807) is 6.92 Å². The van der Waals surface area contributed by atoms with E-state index in [0.717, 1.165) is 16.7 Å². The van der Waals surface area contributed by atoms with Gasteiger partial charge in [-0.05, 0) is 31.9 Å². The van der Waals surface area contributed by atoms with E-state index in [1.807, 2.05) is 38.1 Å². The van der Waals surface area contributed by atoms with Crippen LogP contribution >= 0.6 is 0 Å². The standard InChI is InChI=1S/C14H18O2/c1-5-16-14(15)12(4)11(3)13-8-6-7-10(2)9-13/h6-9,12H,3,5H2,1-2,4H3. The first-order valence-corrected chi connectivity index (χ1v) is 5.48. The lowest BCUT2D eigenvalue weighted by Crippen LogP contribution is -2.15. The molecule has 1 unspecified atom stereocenters. The third-order valence-electron chi connectivity index (χ3n) is 2.55. The third kappa shape index (κ3) is 2.96. The zero-order chi connectivity index (χ0) is 12.1. The number of hydrogen-bond donors (Lipinski definition) is 0. The summed E-state index contributed by atoms with van der Waals surface area (Å²) in [5, 5.41) is 0. The fourth-order valence-electron chi connectivity index (χ4n) is 1.50. The van der Waals surface area contributed by atoms with Crippen molar-refractivity contribution in [2.45, 2.75) is 20.8 Å². The lowest BCUT2D eigenvalue weighted by atomic mass is 9.94. The summed E-state index contributed by atoms with van der Waals surface area (Å²) in [5.41, 5.74) is 2.97. The molecule has 0 saturated heterocycles. The minimum Gasteiger partial charge on any atom is -0.466 e. The predicted molar refractivity (Wildman–Crippen MR) is 66.0 cm³/mol. The number of rotatable bonds is 4. The molecule has 1 aromatic carbocycles. The fourth-order valence-corrected chi connectivity index (χ4v) is 1.50. The Kier molecular flexibility index (Phi) is 4.29. The molecule has 0 spiro atoms. The topological polar surface area (TPSA) is 26.3 Å². The normalized spacial score (nSPS) is 11.9. The van der Waals surface area contributed by atoms with E-state index in [1.165, 1.54) is 0 Å². The van der Waals surface area contributed by atoms with Crippen LogP contribution in [0.15, 0.2) is 30.8 Å². The summed E-state index contributed by atoms with van der Waals surface area (Å²) in [6.45, 7) is 10.0. The van der Waals surface area contributed by atoms with Gasteiger partial charge in [0.2, 0.25) is 0 Å². The van der Waals surface area contributed by atoms with Gasteiger partial charge < -0.3 is 4.74 Å². The molecule has 0 fully saturated rings. The Morgan fingerprint density at radius 2 is 2.19 bits per heavy atom. The summed E-state index contributed by atoms with van der Waals surface area (Å²) in [7, 11) is 0. The molecule has 0 aliphatic rings. The number of hydrogen-bond acceptors (Lipinski definition) is 2. The van der Waals surface area contributed by atoms with Crippen LogP contribution in [0.3, 0.4) is 0 Å². The number of benzene rings is 1. The van der Waals surface area contributed by atoms with E-state index in [-0.39, 0.29) is 11.9 Å². The zero-order valence-corrected chi connectivity index (χ0v) is 10.1. The van der Waals surface area contributed by atoms with Crippen LogP contribution in [0, 0.1) is 12.8 Å². The molecule has 0 aliphatic heterocycles. The van der Waals surface area contributed by atoms with Crippen molar-refractivity contribution in [2.24, 2.45) is 5.92 Å². The predicted octanol–water partition coefficient (Wildman–Crippen LogP) is 3.21. The maximum atomic E-state index is 11.6. The summed E-state index contributed by atoms with van der Waals surface area (Å²) < 4.78 is 4.98. The van der Waals surface area contributed by atoms with Crippen molar-refractivity contribution in [3.8, 4) is 0 Å². The van der Waals surface area contributed by atoms with Crippen molar-refractivity contribution >= 4 is 11.5 Å².